The van der Waals surface area contributed by atoms with E-state index in [-0.39, 0.29) is 18.4 Å². The molecule has 1 rings (SSSR count). The van der Waals surface area contributed by atoms with Crippen molar-refractivity contribution in [2.75, 3.05) is 13.1 Å². The van der Waals surface area contributed by atoms with Gasteiger partial charge in [0.1, 0.15) is 6.54 Å². The Bertz CT molecular complexity index is 486. The normalized spacial score (nSPS) is 10.6. The lowest BCUT2D eigenvalue weighted by molar-refractivity contribution is -0.137. The molecule has 0 unspecified atom stereocenters. The summed E-state index contributed by atoms with van der Waals surface area (Å²) in [4.78, 5) is 24.6. The zero-order valence-electron chi connectivity index (χ0n) is 11.3. The van der Waals surface area contributed by atoms with Gasteiger partial charge in [-0.1, -0.05) is 25.4 Å². The lowest BCUT2D eigenvalue weighted by Gasteiger charge is -2.23. The first kappa shape index (κ1) is 15.5. The van der Waals surface area contributed by atoms with E-state index >= 15 is 0 Å². The Morgan fingerprint density at radius 2 is 2.00 bits per heavy atom. The van der Waals surface area contributed by atoms with Crippen LogP contribution in [0.5, 0.6) is 0 Å². The van der Waals surface area contributed by atoms with E-state index in [9.17, 15) is 9.59 Å². The first-order chi connectivity index (χ1) is 8.81. The Hall–Kier alpha value is -1.55. The van der Waals surface area contributed by atoms with E-state index in [1.807, 2.05) is 13.8 Å². The van der Waals surface area contributed by atoms with Crippen molar-refractivity contribution >= 4 is 23.5 Å². The number of halogens is 1. The van der Waals surface area contributed by atoms with Crippen LogP contribution in [0.3, 0.4) is 0 Å². The molecule has 0 atom stereocenters. The molecule has 19 heavy (non-hydrogen) atoms. The average molecular weight is 284 g/mol. The molecule has 0 saturated heterocycles. The highest BCUT2D eigenvalue weighted by Crippen LogP contribution is 2.17. The fourth-order valence-electron chi connectivity index (χ4n) is 1.86. The summed E-state index contributed by atoms with van der Waals surface area (Å²) in [6.07, 6.45) is 0. The molecule has 1 N–H and O–H groups in total. The topological polar surface area (TPSA) is 57.6 Å². The van der Waals surface area contributed by atoms with Gasteiger partial charge < -0.3 is 10.0 Å². The van der Waals surface area contributed by atoms with Crippen LogP contribution in [-0.2, 0) is 4.79 Å². The van der Waals surface area contributed by atoms with Crippen LogP contribution in [0.4, 0.5) is 0 Å². The highest BCUT2D eigenvalue weighted by molar-refractivity contribution is 6.30. The maximum Gasteiger partial charge on any atom is 0.323 e. The maximum atomic E-state index is 12.4. The van der Waals surface area contributed by atoms with Crippen LogP contribution in [-0.4, -0.2) is 35.0 Å². The summed E-state index contributed by atoms with van der Waals surface area (Å²) in [6, 6.07) is 4.97. The molecule has 1 aromatic carbocycles. The van der Waals surface area contributed by atoms with Crippen molar-refractivity contribution in [2.45, 2.75) is 20.8 Å². The molecule has 104 valence electrons. The Kier molecular flexibility index (Phi) is 5.36. The van der Waals surface area contributed by atoms with Crippen molar-refractivity contribution < 1.29 is 14.7 Å². The van der Waals surface area contributed by atoms with Gasteiger partial charge in [0.05, 0.1) is 0 Å². The fraction of sp³-hybridized carbons (Fsp3) is 0.429. The molecule has 4 nitrogen and oxygen atoms in total. The van der Waals surface area contributed by atoms with Crippen molar-refractivity contribution in [3.63, 3.8) is 0 Å². The summed E-state index contributed by atoms with van der Waals surface area (Å²) in [5.74, 6) is -1.08. The smallest absolute Gasteiger partial charge is 0.323 e. The number of aryl methyl sites for hydroxylation is 1. The second-order valence-corrected chi connectivity index (χ2v) is 5.37. The quantitative estimate of drug-likeness (QED) is 0.904. The molecule has 0 aliphatic carbocycles. The van der Waals surface area contributed by atoms with Gasteiger partial charge in [-0.25, -0.2) is 0 Å². The van der Waals surface area contributed by atoms with Crippen LogP contribution < -0.4 is 0 Å². The lowest BCUT2D eigenvalue weighted by Crippen LogP contribution is -2.38. The van der Waals surface area contributed by atoms with Crippen LogP contribution in [0, 0.1) is 12.8 Å². The molecule has 1 aromatic rings. The van der Waals surface area contributed by atoms with E-state index in [1.165, 1.54) is 4.90 Å². The number of nitrogens with zero attached hydrogens (tertiary/aromatic N) is 1. The summed E-state index contributed by atoms with van der Waals surface area (Å²) in [5, 5.41) is 9.45. The molecular formula is C14H18ClNO3. The fourth-order valence-corrected chi connectivity index (χ4v) is 2.09. The van der Waals surface area contributed by atoms with E-state index in [0.717, 1.165) is 5.56 Å². The number of hydrogen-bond donors (Lipinski definition) is 1. The van der Waals surface area contributed by atoms with Crippen molar-refractivity contribution in [1.82, 2.24) is 4.90 Å². The molecule has 0 bridgehead atoms. The minimum absolute atomic E-state index is 0.205. The number of benzene rings is 1. The SMILES string of the molecule is Cc1cc(Cl)ccc1C(=O)N(CC(=O)O)CC(C)C. The molecule has 0 aromatic heterocycles. The highest BCUT2D eigenvalue weighted by Gasteiger charge is 2.20. The monoisotopic (exact) mass is 283 g/mol. The molecular weight excluding hydrogens is 266 g/mol. The van der Waals surface area contributed by atoms with Gasteiger partial charge in [0.25, 0.3) is 5.91 Å². The molecule has 0 spiro atoms. The summed E-state index contributed by atoms with van der Waals surface area (Å²) in [7, 11) is 0. The molecule has 5 heteroatoms. The number of rotatable bonds is 5. The van der Waals surface area contributed by atoms with Crippen LogP contribution in [0.15, 0.2) is 18.2 Å². The molecule has 1 amide bonds. The Balaban J connectivity index is 3.00. The molecule has 0 saturated carbocycles. The number of carbonyl (C=O) groups excluding carboxylic acids is 1. The Morgan fingerprint density at radius 3 is 2.47 bits per heavy atom. The number of carboxylic acids is 1. The second kappa shape index (κ2) is 6.57. The van der Waals surface area contributed by atoms with Gasteiger partial charge in [-0.05, 0) is 36.6 Å². The molecule has 0 heterocycles. The zero-order valence-corrected chi connectivity index (χ0v) is 12.1. The van der Waals surface area contributed by atoms with E-state index in [2.05, 4.69) is 0 Å². The Morgan fingerprint density at radius 1 is 1.37 bits per heavy atom. The predicted octanol–water partition coefficient (Wildman–Crippen LogP) is 2.83. The average Bonchev–Trinajstić information content (AvgIpc) is 2.26. The van der Waals surface area contributed by atoms with Crippen molar-refractivity contribution in [1.29, 1.82) is 0 Å². The first-order valence-electron chi connectivity index (χ1n) is 6.08. The van der Waals surface area contributed by atoms with E-state index < -0.39 is 5.97 Å². The zero-order chi connectivity index (χ0) is 14.6. The number of amides is 1. The van der Waals surface area contributed by atoms with E-state index in [0.29, 0.717) is 17.1 Å². The summed E-state index contributed by atoms with van der Waals surface area (Å²) in [5.41, 5.74) is 1.24. The van der Waals surface area contributed by atoms with Crippen molar-refractivity contribution in [2.24, 2.45) is 5.92 Å². The first-order valence-corrected chi connectivity index (χ1v) is 6.46. The highest BCUT2D eigenvalue weighted by atomic mass is 35.5. The minimum atomic E-state index is -1.01. The minimum Gasteiger partial charge on any atom is -0.480 e. The van der Waals surface area contributed by atoms with Gasteiger partial charge >= 0.3 is 5.97 Å². The molecule has 0 radical (unpaired) electrons. The van der Waals surface area contributed by atoms with E-state index in [4.69, 9.17) is 16.7 Å². The lowest BCUT2D eigenvalue weighted by atomic mass is 10.1. The van der Waals surface area contributed by atoms with Gasteiger partial charge in [-0.3, -0.25) is 9.59 Å². The number of carboxylic acid groups (broad SMARTS) is 1. The summed E-state index contributed by atoms with van der Waals surface area (Å²) in [6.45, 7) is 5.79. The van der Waals surface area contributed by atoms with E-state index in [1.54, 1.807) is 25.1 Å². The largest absolute Gasteiger partial charge is 0.480 e. The van der Waals surface area contributed by atoms with Crippen molar-refractivity contribution in [3.8, 4) is 0 Å². The summed E-state index contributed by atoms with van der Waals surface area (Å²) >= 11 is 5.85. The van der Waals surface area contributed by atoms with Crippen LogP contribution in [0.1, 0.15) is 29.8 Å². The maximum absolute atomic E-state index is 12.4. The molecule has 0 fully saturated rings. The Labute approximate surface area is 118 Å². The molecule has 0 aliphatic heterocycles. The van der Waals surface area contributed by atoms with Crippen molar-refractivity contribution in [3.05, 3.63) is 34.3 Å². The summed E-state index contributed by atoms with van der Waals surface area (Å²) < 4.78 is 0. The number of aliphatic carboxylic acids is 1. The number of carbonyl (C=O) groups is 2. The number of hydrogen-bond acceptors (Lipinski definition) is 2. The van der Waals surface area contributed by atoms with Crippen LogP contribution in [0.2, 0.25) is 5.02 Å². The van der Waals surface area contributed by atoms with Crippen LogP contribution in [0.25, 0.3) is 0 Å². The second-order valence-electron chi connectivity index (χ2n) is 4.93. The standard InChI is InChI=1S/C14H18ClNO3/c1-9(2)7-16(8-13(17)18)14(19)12-5-4-11(15)6-10(12)3/h4-6,9H,7-8H2,1-3H3,(H,17,18). The third kappa shape index (κ3) is 4.56. The van der Waals surface area contributed by atoms with Crippen LogP contribution >= 0.6 is 11.6 Å². The van der Waals surface area contributed by atoms with Gasteiger partial charge in [-0.15, -0.1) is 0 Å². The van der Waals surface area contributed by atoms with Gasteiger partial charge in [-0.2, -0.15) is 0 Å². The van der Waals surface area contributed by atoms with Gasteiger partial charge in [0, 0.05) is 17.1 Å². The molecule has 0 aliphatic rings. The van der Waals surface area contributed by atoms with Gasteiger partial charge in [0.15, 0.2) is 0 Å². The third-order valence-electron chi connectivity index (χ3n) is 2.62. The third-order valence-corrected chi connectivity index (χ3v) is 2.85. The predicted molar refractivity (Wildman–Crippen MR) is 74.6 cm³/mol. The van der Waals surface area contributed by atoms with Gasteiger partial charge in [0.2, 0.25) is 0 Å².